The maximum Gasteiger partial charge on any atom is 0.127 e. The first kappa shape index (κ1) is 10.2. The molecule has 0 spiro atoms. The number of rotatable bonds is 2. The van der Waals surface area contributed by atoms with Crippen molar-refractivity contribution in [2.24, 2.45) is 0 Å². The first-order chi connectivity index (χ1) is 5.43. The summed E-state index contributed by atoms with van der Waals surface area (Å²) >= 11 is 0. The zero-order chi connectivity index (χ0) is 8.53. The fraction of sp³-hybridized carbons (Fsp3) is 0.625. The van der Waals surface area contributed by atoms with E-state index in [2.05, 4.69) is 18.6 Å². The van der Waals surface area contributed by atoms with Crippen molar-refractivity contribution >= 4 is 6.72 Å². The van der Waals surface area contributed by atoms with Crippen molar-refractivity contribution in [1.29, 1.82) is 5.41 Å². The summed E-state index contributed by atoms with van der Waals surface area (Å²) in [5, 5.41) is 8.53. The lowest BCUT2D eigenvalue weighted by molar-refractivity contribution is 0.00344. The van der Waals surface area contributed by atoms with E-state index in [1.54, 1.807) is 6.20 Å². The standard InChI is InChI=1S/C7H13NO.CH3N/c1-2-8-7-5-3-4-6-9-7;1-2/h2,7-8H,1,3-6H2;2H,1H2. The molecule has 3 nitrogen and oxygen atoms in total. The van der Waals surface area contributed by atoms with E-state index < -0.39 is 0 Å². The first-order valence-electron chi connectivity index (χ1n) is 3.77. The Morgan fingerprint density at radius 1 is 1.45 bits per heavy atom. The minimum atomic E-state index is 0.233. The third-order valence-corrected chi connectivity index (χ3v) is 1.48. The molecule has 0 radical (unpaired) electrons. The van der Waals surface area contributed by atoms with Crippen LogP contribution in [0.3, 0.4) is 0 Å². The first-order valence-corrected chi connectivity index (χ1v) is 3.77. The van der Waals surface area contributed by atoms with Gasteiger partial charge in [0, 0.05) is 6.61 Å². The van der Waals surface area contributed by atoms with Crippen LogP contribution in [0.25, 0.3) is 0 Å². The van der Waals surface area contributed by atoms with Crippen LogP contribution in [0.1, 0.15) is 19.3 Å². The van der Waals surface area contributed by atoms with E-state index in [1.807, 2.05) is 0 Å². The van der Waals surface area contributed by atoms with Crippen molar-refractivity contribution in [2.45, 2.75) is 25.5 Å². The van der Waals surface area contributed by atoms with Gasteiger partial charge in [-0.25, -0.2) is 0 Å². The largest absolute Gasteiger partial charge is 0.367 e. The van der Waals surface area contributed by atoms with Crippen molar-refractivity contribution in [2.75, 3.05) is 6.61 Å². The summed E-state index contributed by atoms with van der Waals surface area (Å²) in [6, 6.07) is 0. The van der Waals surface area contributed by atoms with Gasteiger partial charge in [0.1, 0.15) is 6.23 Å². The molecule has 1 saturated heterocycles. The maximum atomic E-state index is 5.50. The molecular weight excluding hydrogens is 140 g/mol. The Hall–Kier alpha value is -0.830. The predicted molar refractivity (Wildman–Crippen MR) is 46.8 cm³/mol. The highest BCUT2D eigenvalue weighted by atomic mass is 16.5. The van der Waals surface area contributed by atoms with Gasteiger partial charge in [-0.2, -0.15) is 0 Å². The summed E-state index contributed by atoms with van der Waals surface area (Å²) in [4.78, 5) is 0. The number of nitrogens with one attached hydrogen (secondary N) is 2. The smallest absolute Gasteiger partial charge is 0.127 e. The van der Waals surface area contributed by atoms with Crippen molar-refractivity contribution < 1.29 is 4.74 Å². The zero-order valence-electron chi connectivity index (χ0n) is 6.81. The van der Waals surface area contributed by atoms with E-state index >= 15 is 0 Å². The van der Waals surface area contributed by atoms with Crippen LogP contribution in [0.5, 0.6) is 0 Å². The van der Waals surface area contributed by atoms with Gasteiger partial charge in [-0.3, -0.25) is 0 Å². The lowest BCUT2D eigenvalue weighted by Gasteiger charge is -2.22. The van der Waals surface area contributed by atoms with Crippen LogP contribution in [-0.4, -0.2) is 19.6 Å². The Morgan fingerprint density at radius 2 is 2.18 bits per heavy atom. The molecule has 3 heteroatoms. The van der Waals surface area contributed by atoms with E-state index in [0.717, 1.165) is 13.0 Å². The molecule has 0 amide bonds. The second kappa shape index (κ2) is 7.28. The van der Waals surface area contributed by atoms with Gasteiger partial charge in [0.05, 0.1) is 0 Å². The van der Waals surface area contributed by atoms with Gasteiger partial charge in [-0.1, -0.05) is 6.58 Å². The van der Waals surface area contributed by atoms with E-state index in [1.165, 1.54) is 12.8 Å². The summed E-state index contributed by atoms with van der Waals surface area (Å²) in [7, 11) is 0. The Kier molecular flexibility index (Phi) is 6.73. The molecule has 0 bridgehead atoms. The third-order valence-electron chi connectivity index (χ3n) is 1.48. The fourth-order valence-corrected chi connectivity index (χ4v) is 1.00. The normalized spacial score (nSPS) is 22.7. The van der Waals surface area contributed by atoms with Crippen LogP contribution < -0.4 is 5.32 Å². The topological polar surface area (TPSA) is 45.1 Å². The molecular formula is C8H16N2O. The summed E-state index contributed by atoms with van der Waals surface area (Å²) in [6.07, 6.45) is 5.51. The molecule has 0 aromatic carbocycles. The Bertz CT molecular complexity index is 100. The lowest BCUT2D eigenvalue weighted by Crippen LogP contribution is -2.30. The predicted octanol–water partition coefficient (Wildman–Crippen LogP) is 1.51. The van der Waals surface area contributed by atoms with Crippen LogP contribution in [-0.2, 0) is 4.74 Å². The number of ether oxygens (including phenoxy) is 1. The second-order valence-corrected chi connectivity index (χ2v) is 2.23. The fourth-order valence-electron chi connectivity index (χ4n) is 1.00. The van der Waals surface area contributed by atoms with E-state index in [9.17, 15) is 0 Å². The highest BCUT2D eigenvalue weighted by molar-refractivity contribution is 5.15. The minimum Gasteiger partial charge on any atom is -0.367 e. The molecule has 64 valence electrons. The highest BCUT2D eigenvalue weighted by Crippen LogP contribution is 2.09. The van der Waals surface area contributed by atoms with Crippen LogP contribution in [0, 0.1) is 5.41 Å². The van der Waals surface area contributed by atoms with Crippen molar-refractivity contribution in [1.82, 2.24) is 5.32 Å². The van der Waals surface area contributed by atoms with E-state index in [4.69, 9.17) is 10.1 Å². The average molecular weight is 156 g/mol. The van der Waals surface area contributed by atoms with Gasteiger partial charge in [0.2, 0.25) is 0 Å². The quantitative estimate of drug-likeness (QED) is 0.595. The summed E-state index contributed by atoms with van der Waals surface area (Å²) < 4.78 is 5.34. The van der Waals surface area contributed by atoms with Gasteiger partial charge in [0.25, 0.3) is 0 Å². The van der Waals surface area contributed by atoms with Crippen LogP contribution in [0.4, 0.5) is 0 Å². The van der Waals surface area contributed by atoms with Crippen molar-refractivity contribution in [3.63, 3.8) is 0 Å². The molecule has 1 aliphatic rings. The molecule has 0 aromatic heterocycles. The number of hydrogen-bond donors (Lipinski definition) is 2. The lowest BCUT2D eigenvalue weighted by atomic mass is 10.2. The molecule has 0 aliphatic carbocycles. The highest BCUT2D eigenvalue weighted by Gasteiger charge is 2.09. The SMILES string of the molecule is C=CNC1CCCCO1.C=N. The second-order valence-electron chi connectivity index (χ2n) is 2.23. The molecule has 1 fully saturated rings. The molecule has 11 heavy (non-hydrogen) atoms. The van der Waals surface area contributed by atoms with E-state index in [-0.39, 0.29) is 6.23 Å². The van der Waals surface area contributed by atoms with Crippen LogP contribution in [0.2, 0.25) is 0 Å². The maximum absolute atomic E-state index is 5.50. The Labute approximate surface area is 68.0 Å². The summed E-state index contributed by atoms with van der Waals surface area (Å²) in [5.74, 6) is 0. The molecule has 0 saturated carbocycles. The van der Waals surface area contributed by atoms with Crippen molar-refractivity contribution in [3.8, 4) is 0 Å². The van der Waals surface area contributed by atoms with E-state index in [0.29, 0.717) is 0 Å². The van der Waals surface area contributed by atoms with Crippen LogP contribution in [0.15, 0.2) is 12.8 Å². The summed E-state index contributed by atoms with van der Waals surface area (Å²) in [6.45, 7) is 6.96. The van der Waals surface area contributed by atoms with Gasteiger partial charge < -0.3 is 15.5 Å². The third kappa shape index (κ3) is 4.56. The van der Waals surface area contributed by atoms with Gasteiger partial charge in [-0.15, -0.1) is 0 Å². The zero-order valence-corrected chi connectivity index (χ0v) is 6.81. The van der Waals surface area contributed by atoms with Gasteiger partial charge in [-0.05, 0) is 32.2 Å². The average Bonchev–Trinajstić information content (AvgIpc) is 2.11. The number of hydrogen-bond acceptors (Lipinski definition) is 3. The Balaban J connectivity index is 0.000000461. The molecule has 1 unspecified atom stereocenters. The molecule has 1 heterocycles. The molecule has 1 rings (SSSR count). The van der Waals surface area contributed by atoms with Crippen molar-refractivity contribution in [3.05, 3.63) is 12.8 Å². The monoisotopic (exact) mass is 156 g/mol. The summed E-state index contributed by atoms with van der Waals surface area (Å²) in [5.41, 5.74) is 0. The van der Waals surface area contributed by atoms with Gasteiger partial charge >= 0.3 is 0 Å². The molecule has 0 aromatic rings. The van der Waals surface area contributed by atoms with Crippen LogP contribution >= 0.6 is 0 Å². The Morgan fingerprint density at radius 3 is 2.64 bits per heavy atom. The molecule has 1 atom stereocenters. The molecule has 2 N–H and O–H groups in total. The van der Waals surface area contributed by atoms with Gasteiger partial charge in [0.15, 0.2) is 0 Å². The molecule has 1 aliphatic heterocycles. The minimum absolute atomic E-state index is 0.233.